The van der Waals surface area contributed by atoms with Crippen molar-refractivity contribution in [3.8, 4) is 11.1 Å². The van der Waals surface area contributed by atoms with Crippen LogP contribution >= 0.6 is 23.2 Å². The second-order valence-electron chi connectivity index (χ2n) is 9.96. The molecule has 0 saturated carbocycles. The van der Waals surface area contributed by atoms with Crippen molar-refractivity contribution in [1.82, 2.24) is 9.80 Å². The molecule has 2 fully saturated rings. The van der Waals surface area contributed by atoms with Gasteiger partial charge in [-0.15, -0.1) is 0 Å². The molecule has 3 aromatic rings. The van der Waals surface area contributed by atoms with Crippen molar-refractivity contribution in [2.24, 2.45) is 0 Å². The van der Waals surface area contributed by atoms with Crippen molar-refractivity contribution in [2.75, 3.05) is 25.5 Å². The van der Waals surface area contributed by atoms with Gasteiger partial charge < -0.3 is 9.80 Å². The van der Waals surface area contributed by atoms with Gasteiger partial charge in [-0.2, -0.15) is 0 Å². The number of imide groups is 1. The molecule has 5 nitrogen and oxygen atoms in total. The Morgan fingerprint density at radius 3 is 2.31 bits per heavy atom. The number of anilines is 1. The normalized spacial score (nSPS) is 19.8. The number of fused-ring (bicyclic) bond motifs is 1. The lowest BCUT2D eigenvalue weighted by Crippen LogP contribution is -2.54. The first-order valence-electron chi connectivity index (χ1n) is 12.2. The van der Waals surface area contributed by atoms with E-state index in [9.17, 15) is 9.59 Å². The summed E-state index contributed by atoms with van der Waals surface area (Å²) in [6.07, 6.45) is 2.89. The summed E-state index contributed by atoms with van der Waals surface area (Å²) in [7, 11) is 4.13. The van der Waals surface area contributed by atoms with Crippen molar-refractivity contribution in [2.45, 2.75) is 37.8 Å². The summed E-state index contributed by atoms with van der Waals surface area (Å²) >= 11 is 12.4. The highest BCUT2D eigenvalue weighted by Crippen LogP contribution is 2.42. The number of piperidine rings is 1. The number of halogens is 2. The molecule has 0 aliphatic carbocycles. The molecule has 0 spiro atoms. The van der Waals surface area contributed by atoms with E-state index >= 15 is 0 Å². The van der Waals surface area contributed by atoms with Crippen LogP contribution in [0.25, 0.3) is 11.1 Å². The second kappa shape index (κ2) is 9.89. The lowest BCUT2D eigenvalue weighted by atomic mass is 9.81. The number of amides is 3. The van der Waals surface area contributed by atoms with Crippen molar-refractivity contribution in [1.29, 1.82) is 0 Å². The average Bonchev–Trinajstić information content (AvgIpc) is 3.05. The molecule has 0 radical (unpaired) electrons. The van der Waals surface area contributed by atoms with E-state index < -0.39 is 5.54 Å². The first-order valence-corrected chi connectivity index (χ1v) is 13.0. The van der Waals surface area contributed by atoms with E-state index in [4.69, 9.17) is 23.2 Å². The molecule has 5 rings (SSSR count). The van der Waals surface area contributed by atoms with Crippen LogP contribution in [0.15, 0.2) is 66.7 Å². The molecule has 0 aromatic heterocycles. The minimum atomic E-state index is -0.894. The summed E-state index contributed by atoms with van der Waals surface area (Å²) in [5.41, 5.74) is 4.16. The SMILES string of the molecule is CN(C)Cc1ccccc1-c1ccc(CC23CCCCN2C(=O)N(c2cc(Cl)cc(Cl)c2)C3=O)cc1. The predicted octanol–water partition coefficient (Wildman–Crippen LogP) is 6.66. The first-order chi connectivity index (χ1) is 17.3. The summed E-state index contributed by atoms with van der Waals surface area (Å²) in [6, 6.07) is 21.4. The van der Waals surface area contributed by atoms with Crippen LogP contribution in [0.2, 0.25) is 10.0 Å². The predicted molar refractivity (Wildman–Crippen MR) is 146 cm³/mol. The maximum Gasteiger partial charge on any atom is 0.332 e. The van der Waals surface area contributed by atoms with Gasteiger partial charge in [0.2, 0.25) is 0 Å². The van der Waals surface area contributed by atoms with E-state index in [1.54, 1.807) is 23.1 Å². The third kappa shape index (κ3) is 4.52. The van der Waals surface area contributed by atoms with Crippen LogP contribution in [0, 0.1) is 0 Å². The Bertz CT molecular complexity index is 1290. The fourth-order valence-corrected chi connectivity index (χ4v) is 6.04. The van der Waals surface area contributed by atoms with Gasteiger partial charge in [0.15, 0.2) is 0 Å². The Morgan fingerprint density at radius 2 is 1.61 bits per heavy atom. The van der Waals surface area contributed by atoms with E-state index in [2.05, 4.69) is 67.5 Å². The molecule has 3 amide bonds. The Balaban J connectivity index is 1.46. The van der Waals surface area contributed by atoms with Crippen LogP contribution in [0.3, 0.4) is 0 Å². The lowest BCUT2D eigenvalue weighted by Gasteiger charge is -2.39. The molecule has 0 N–H and O–H groups in total. The van der Waals surface area contributed by atoms with Gasteiger partial charge in [-0.05, 0) is 73.8 Å². The molecule has 7 heteroatoms. The molecule has 2 saturated heterocycles. The van der Waals surface area contributed by atoms with Gasteiger partial charge in [0.25, 0.3) is 5.91 Å². The molecule has 2 heterocycles. The van der Waals surface area contributed by atoms with Gasteiger partial charge in [-0.3, -0.25) is 4.79 Å². The third-order valence-corrected chi connectivity index (χ3v) is 7.57. The number of nitrogens with zero attached hydrogens (tertiary/aromatic N) is 3. The zero-order valence-corrected chi connectivity index (χ0v) is 22.0. The fourth-order valence-electron chi connectivity index (χ4n) is 5.53. The van der Waals surface area contributed by atoms with Crippen LogP contribution in [-0.4, -0.2) is 47.9 Å². The highest BCUT2D eigenvalue weighted by atomic mass is 35.5. The van der Waals surface area contributed by atoms with Gasteiger partial charge >= 0.3 is 6.03 Å². The summed E-state index contributed by atoms with van der Waals surface area (Å²) in [5, 5.41) is 0.782. The van der Waals surface area contributed by atoms with Gasteiger partial charge in [-0.1, -0.05) is 71.7 Å². The number of carbonyl (C=O) groups excluding carboxylic acids is 2. The van der Waals surface area contributed by atoms with Crippen LogP contribution in [0.5, 0.6) is 0 Å². The largest absolute Gasteiger partial charge is 0.332 e. The highest BCUT2D eigenvalue weighted by Gasteiger charge is 2.58. The van der Waals surface area contributed by atoms with Crippen LogP contribution in [0.4, 0.5) is 10.5 Å². The Labute approximate surface area is 222 Å². The number of benzene rings is 3. The highest BCUT2D eigenvalue weighted by molar-refractivity contribution is 6.35. The topological polar surface area (TPSA) is 43.9 Å². The number of hydrogen-bond donors (Lipinski definition) is 0. The number of hydrogen-bond acceptors (Lipinski definition) is 3. The molecular formula is C29H29Cl2N3O2. The Kier molecular flexibility index (Phi) is 6.82. The molecule has 1 atom stereocenters. The van der Waals surface area contributed by atoms with Crippen molar-refractivity contribution < 1.29 is 9.59 Å². The van der Waals surface area contributed by atoms with Gasteiger partial charge in [0.1, 0.15) is 5.54 Å². The van der Waals surface area contributed by atoms with Gasteiger partial charge in [0, 0.05) is 29.6 Å². The molecule has 186 valence electrons. The Morgan fingerprint density at radius 1 is 0.917 bits per heavy atom. The minimum absolute atomic E-state index is 0.203. The standard InChI is InChI=1S/C29H29Cl2N3O2/c1-32(2)19-22-7-3-4-8-26(22)21-11-9-20(10-12-21)18-29-13-5-6-14-33(29)28(36)34(27(29)35)25-16-23(30)15-24(31)17-25/h3-4,7-12,15-17H,5-6,13-14,18-19H2,1-2H3. The lowest BCUT2D eigenvalue weighted by molar-refractivity contribution is -0.126. The fraction of sp³-hybridized carbons (Fsp3) is 0.310. The summed E-state index contributed by atoms with van der Waals surface area (Å²) in [5.74, 6) is -0.203. The van der Waals surface area contributed by atoms with E-state index in [1.807, 2.05) is 0 Å². The maximum atomic E-state index is 13.9. The van der Waals surface area contributed by atoms with E-state index in [-0.39, 0.29) is 11.9 Å². The molecular weight excluding hydrogens is 493 g/mol. The molecule has 0 bridgehead atoms. The van der Waals surface area contributed by atoms with E-state index in [0.29, 0.717) is 35.1 Å². The van der Waals surface area contributed by atoms with Gasteiger partial charge in [0.05, 0.1) is 5.69 Å². The van der Waals surface area contributed by atoms with Crippen molar-refractivity contribution >= 4 is 40.8 Å². The average molecular weight is 522 g/mol. The minimum Gasteiger partial charge on any atom is -0.309 e. The van der Waals surface area contributed by atoms with Crippen molar-refractivity contribution in [3.63, 3.8) is 0 Å². The molecule has 2 aliphatic heterocycles. The summed E-state index contributed by atoms with van der Waals surface area (Å²) in [6.45, 7) is 1.42. The molecule has 2 aliphatic rings. The van der Waals surface area contributed by atoms with Crippen LogP contribution < -0.4 is 4.90 Å². The Hall–Kier alpha value is -2.86. The quantitative estimate of drug-likeness (QED) is 0.340. The van der Waals surface area contributed by atoms with Crippen LogP contribution in [0.1, 0.15) is 30.4 Å². The summed E-state index contributed by atoms with van der Waals surface area (Å²) < 4.78 is 0. The third-order valence-electron chi connectivity index (χ3n) is 7.13. The second-order valence-corrected chi connectivity index (χ2v) is 10.8. The number of urea groups is 1. The van der Waals surface area contributed by atoms with E-state index in [0.717, 1.165) is 30.5 Å². The number of rotatable bonds is 6. The van der Waals surface area contributed by atoms with Crippen LogP contribution in [-0.2, 0) is 17.8 Å². The zero-order chi connectivity index (χ0) is 25.4. The summed E-state index contributed by atoms with van der Waals surface area (Å²) in [4.78, 5) is 32.6. The monoisotopic (exact) mass is 521 g/mol. The first kappa shape index (κ1) is 24.8. The maximum absolute atomic E-state index is 13.9. The molecule has 3 aromatic carbocycles. The molecule has 1 unspecified atom stereocenters. The van der Waals surface area contributed by atoms with E-state index in [1.165, 1.54) is 16.0 Å². The smallest absolute Gasteiger partial charge is 0.309 e. The zero-order valence-electron chi connectivity index (χ0n) is 20.5. The van der Waals surface area contributed by atoms with Crippen molar-refractivity contribution in [3.05, 3.63) is 87.9 Å². The van der Waals surface area contributed by atoms with Gasteiger partial charge in [-0.25, -0.2) is 9.69 Å². The number of carbonyl (C=O) groups is 2. The molecule has 36 heavy (non-hydrogen) atoms.